The lowest BCUT2D eigenvalue weighted by Gasteiger charge is -2.50. The Kier molecular flexibility index (Phi) is 4.45. The van der Waals surface area contributed by atoms with Crippen LogP contribution < -0.4 is 0 Å². The molecule has 1 heterocycles. The van der Waals surface area contributed by atoms with Gasteiger partial charge in [0.25, 0.3) is 0 Å². The van der Waals surface area contributed by atoms with Crippen molar-refractivity contribution in [3.05, 3.63) is 0 Å². The highest BCUT2D eigenvalue weighted by Crippen LogP contribution is 2.42. The van der Waals surface area contributed by atoms with Crippen LogP contribution in [0.5, 0.6) is 0 Å². The van der Waals surface area contributed by atoms with E-state index < -0.39 is 0 Å². The second-order valence-electron chi connectivity index (χ2n) is 6.91. The number of piperidine rings is 1. The Balaban J connectivity index is 2.80. The normalized spacial score (nSPS) is 33.0. The summed E-state index contributed by atoms with van der Waals surface area (Å²) in [6, 6.07) is 1.48. The van der Waals surface area contributed by atoms with Crippen LogP contribution in [0.1, 0.15) is 61.3 Å². The van der Waals surface area contributed by atoms with Crippen LogP contribution in [0.15, 0.2) is 0 Å². The molecule has 0 aromatic heterocycles. The monoisotopic (exact) mass is 225 g/mol. The fourth-order valence-corrected chi connectivity index (χ4v) is 3.03. The number of hydrogen-bond donors (Lipinski definition) is 0. The van der Waals surface area contributed by atoms with Gasteiger partial charge in [0, 0.05) is 12.1 Å². The molecular weight excluding hydrogens is 194 g/mol. The van der Waals surface area contributed by atoms with E-state index in [4.69, 9.17) is 0 Å². The zero-order valence-electron chi connectivity index (χ0n) is 12.4. The molecule has 0 spiro atoms. The van der Waals surface area contributed by atoms with Gasteiger partial charge >= 0.3 is 0 Å². The Labute approximate surface area is 103 Å². The predicted octanol–water partition coefficient (Wildman–Crippen LogP) is 4.18. The van der Waals surface area contributed by atoms with E-state index in [0.717, 1.165) is 17.9 Å². The van der Waals surface area contributed by atoms with Crippen molar-refractivity contribution < 1.29 is 0 Å². The van der Waals surface area contributed by atoms with Gasteiger partial charge in [-0.3, -0.25) is 4.90 Å². The number of nitrogens with zero attached hydrogens (tertiary/aromatic N) is 1. The van der Waals surface area contributed by atoms with Gasteiger partial charge in [-0.25, -0.2) is 0 Å². The highest BCUT2D eigenvalue weighted by Gasteiger charge is 2.40. The molecule has 1 fully saturated rings. The van der Waals surface area contributed by atoms with Crippen LogP contribution in [0.4, 0.5) is 0 Å². The first-order chi connectivity index (χ1) is 7.28. The van der Waals surface area contributed by atoms with Gasteiger partial charge in [0.05, 0.1) is 0 Å². The van der Waals surface area contributed by atoms with Crippen molar-refractivity contribution in [2.75, 3.05) is 6.54 Å². The van der Waals surface area contributed by atoms with E-state index in [1.54, 1.807) is 0 Å². The molecule has 0 bridgehead atoms. The molecule has 0 N–H and O–H groups in total. The van der Waals surface area contributed by atoms with Crippen molar-refractivity contribution in [1.29, 1.82) is 0 Å². The minimum Gasteiger partial charge on any atom is -0.298 e. The van der Waals surface area contributed by atoms with Crippen LogP contribution in [0.2, 0.25) is 0 Å². The maximum absolute atomic E-state index is 2.72. The van der Waals surface area contributed by atoms with E-state index in [9.17, 15) is 0 Å². The average molecular weight is 225 g/mol. The van der Waals surface area contributed by atoms with Gasteiger partial charge < -0.3 is 0 Å². The second-order valence-corrected chi connectivity index (χ2v) is 6.91. The zero-order chi connectivity index (χ0) is 12.5. The molecule has 2 atom stereocenters. The fourth-order valence-electron chi connectivity index (χ4n) is 3.03. The smallest absolute Gasteiger partial charge is 0.0126 e. The Morgan fingerprint density at radius 1 is 1.06 bits per heavy atom. The van der Waals surface area contributed by atoms with Crippen LogP contribution in [-0.2, 0) is 0 Å². The van der Waals surface area contributed by atoms with Gasteiger partial charge in [0.1, 0.15) is 0 Å². The Morgan fingerprint density at radius 3 is 2.00 bits per heavy atom. The summed E-state index contributed by atoms with van der Waals surface area (Å²) in [6.07, 6.45) is 2.74. The van der Waals surface area contributed by atoms with Gasteiger partial charge in [-0.05, 0) is 50.5 Å². The van der Waals surface area contributed by atoms with Crippen molar-refractivity contribution in [3.8, 4) is 0 Å². The standard InChI is InChI=1S/C15H31N/c1-11(2)14-10-15(7,12(3)4)8-9-16(14)13(5)6/h11-14H,8-10H2,1-7H3. The fraction of sp³-hybridized carbons (Fsp3) is 1.00. The molecule has 96 valence electrons. The summed E-state index contributed by atoms with van der Waals surface area (Å²) < 4.78 is 0. The third-order valence-electron chi connectivity index (χ3n) is 4.87. The van der Waals surface area contributed by atoms with Gasteiger partial charge in [0.15, 0.2) is 0 Å². The summed E-state index contributed by atoms with van der Waals surface area (Å²) in [5.41, 5.74) is 0.556. The first kappa shape index (κ1) is 14.0. The highest BCUT2D eigenvalue weighted by atomic mass is 15.2. The van der Waals surface area contributed by atoms with E-state index in [0.29, 0.717) is 11.5 Å². The van der Waals surface area contributed by atoms with E-state index >= 15 is 0 Å². The molecule has 0 radical (unpaired) electrons. The number of rotatable bonds is 3. The lowest BCUT2D eigenvalue weighted by atomic mass is 9.67. The summed E-state index contributed by atoms with van der Waals surface area (Å²) in [6.45, 7) is 18.0. The van der Waals surface area contributed by atoms with Crippen molar-refractivity contribution in [2.24, 2.45) is 17.3 Å². The minimum atomic E-state index is 0.556. The highest BCUT2D eigenvalue weighted by molar-refractivity contribution is 4.92. The summed E-state index contributed by atoms with van der Waals surface area (Å²) in [4.78, 5) is 2.72. The van der Waals surface area contributed by atoms with E-state index in [2.05, 4.69) is 53.4 Å². The molecule has 0 aromatic rings. The summed E-state index contributed by atoms with van der Waals surface area (Å²) in [7, 11) is 0. The van der Waals surface area contributed by atoms with E-state index in [1.807, 2.05) is 0 Å². The summed E-state index contributed by atoms with van der Waals surface area (Å²) in [5, 5.41) is 0. The molecule has 2 unspecified atom stereocenters. The largest absolute Gasteiger partial charge is 0.298 e. The third-order valence-corrected chi connectivity index (χ3v) is 4.87. The van der Waals surface area contributed by atoms with Crippen LogP contribution in [0.25, 0.3) is 0 Å². The lowest BCUT2D eigenvalue weighted by Crippen LogP contribution is -2.52. The summed E-state index contributed by atoms with van der Waals surface area (Å²) in [5.74, 6) is 1.59. The topological polar surface area (TPSA) is 3.24 Å². The molecule has 1 rings (SSSR count). The predicted molar refractivity (Wildman–Crippen MR) is 72.6 cm³/mol. The summed E-state index contributed by atoms with van der Waals surface area (Å²) >= 11 is 0. The van der Waals surface area contributed by atoms with Crippen molar-refractivity contribution in [3.63, 3.8) is 0 Å². The van der Waals surface area contributed by atoms with Crippen LogP contribution >= 0.6 is 0 Å². The maximum atomic E-state index is 2.72. The molecule has 0 amide bonds. The molecule has 1 nitrogen and oxygen atoms in total. The van der Waals surface area contributed by atoms with Crippen LogP contribution in [-0.4, -0.2) is 23.5 Å². The van der Waals surface area contributed by atoms with Crippen LogP contribution in [0, 0.1) is 17.3 Å². The quantitative estimate of drug-likeness (QED) is 0.696. The van der Waals surface area contributed by atoms with Gasteiger partial charge in [-0.2, -0.15) is 0 Å². The first-order valence-corrected chi connectivity index (χ1v) is 7.03. The van der Waals surface area contributed by atoms with Gasteiger partial charge in [-0.1, -0.05) is 34.6 Å². The van der Waals surface area contributed by atoms with E-state index in [-0.39, 0.29) is 0 Å². The number of likely N-dealkylation sites (tertiary alicyclic amines) is 1. The lowest BCUT2D eigenvalue weighted by molar-refractivity contribution is -0.00637. The Bertz CT molecular complexity index is 219. The molecule has 0 saturated carbocycles. The minimum absolute atomic E-state index is 0.556. The van der Waals surface area contributed by atoms with Crippen molar-refractivity contribution in [2.45, 2.75) is 73.4 Å². The number of hydrogen-bond acceptors (Lipinski definition) is 1. The van der Waals surface area contributed by atoms with Crippen molar-refractivity contribution in [1.82, 2.24) is 4.90 Å². The Hall–Kier alpha value is -0.0400. The molecular formula is C15H31N. The van der Waals surface area contributed by atoms with Crippen molar-refractivity contribution >= 4 is 0 Å². The molecule has 0 aliphatic carbocycles. The van der Waals surface area contributed by atoms with Gasteiger partial charge in [-0.15, -0.1) is 0 Å². The van der Waals surface area contributed by atoms with E-state index in [1.165, 1.54) is 19.4 Å². The zero-order valence-corrected chi connectivity index (χ0v) is 12.4. The molecule has 1 saturated heterocycles. The van der Waals surface area contributed by atoms with Crippen LogP contribution in [0.3, 0.4) is 0 Å². The Morgan fingerprint density at radius 2 is 1.62 bits per heavy atom. The second kappa shape index (κ2) is 5.08. The molecule has 1 aliphatic rings. The third kappa shape index (κ3) is 2.80. The molecule has 16 heavy (non-hydrogen) atoms. The SMILES string of the molecule is CC(C)C1CC(C)(C(C)C)CCN1C(C)C. The molecule has 0 aromatic carbocycles. The maximum Gasteiger partial charge on any atom is 0.0126 e. The average Bonchev–Trinajstić information content (AvgIpc) is 2.16. The molecule has 1 heteroatoms. The first-order valence-electron chi connectivity index (χ1n) is 7.03. The molecule has 1 aliphatic heterocycles. The van der Waals surface area contributed by atoms with Gasteiger partial charge in [0.2, 0.25) is 0 Å².